The van der Waals surface area contributed by atoms with Gasteiger partial charge in [0.1, 0.15) is 5.71 Å². The highest BCUT2D eigenvalue weighted by Gasteiger charge is 2.32. The Kier molecular flexibility index (Phi) is 5.34. The van der Waals surface area contributed by atoms with E-state index >= 15 is 0 Å². The van der Waals surface area contributed by atoms with Crippen molar-refractivity contribution in [1.82, 2.24) is 4.90 Å². The van der Waals surface area contributed by atoms with E-state index in [4.69, 9.17) is 0 Å². The molecule has 1 unspecified atom stereocenters. The molecule has 2 aromatic carbocycles. The second-order valence-corrected chi connectivity index (χ2v) is 7.72. The zero-order valence-corrected chi connectivity index (χ0v) is 16.9. The molecule has 1 fully saturated rings. The van der Waals surface area contributed by atoms with E-state index in [0.717, 1.165) is 6.54 Å². The third kappa shape index (κ3) is 4.01. The summed E-state index contributed by atoms with van der Waals surface area (Å²) in [5, 5.41) is 5.78. The number of para-hydroxylation sites is 1. The molecule has 0 N–H and O–H groups in total. The molecule has 1 saturated heterocycles. The SMILES string of the molecule is Cc1cccc(N2CCN(C(=O)C3=NN(c4ccccc4)C(=O)CC3)CC2C)c1. The first-order valence-corrected chi connectivity index (χ1v) is 10.1. The maximum absolute atomic E-state index is 13.1. The van der Waals surface area contributed by atoms with Crippen molar-refractivity contribution >= 4 is 28.9 Å². The van der Waals surface area contributed by atoms with Gasteiger partial charge in [-0.15, -0.1) is 0 Å². The van der Waals surface area contributed by atoms with E-state index in [0.29, 0.717) is 37.3 Å². The number of benzene rings is 2. The van der Waals surface area contributed by atoms with Crippen molar-refractivity contribution in [3.63, 3.8) is 0 Å². The van der Waals surface area contributed by atoms with Crippen LogP contribution in [0.2, 0.25) is 0 Å². The first-order valence-electron chi connectivity index (χ1n) is 10.1. The average Bonchev–Trinajstić information content (AvgIpc) is 2.74. The first kappa shape index (κ1) is 19.2. The molecule has 0 saturated carbocycles. The molecule has 6 heteroatoms. The van der Waals surface area contributed by atoms with Crippen LogP contribution in [0.4, 0.5) is 11.4 Å². The first-order chi connectivity index (χ1) is 14.0. The van der Waals surface area contributed by atoms with Gasteiger partial charge in [-0.3, -0.25) is 9.59 Å². The van der Waals surface area contributed by atoms with E-state index in [2.05, 4.69) is 48.1 Å². The molecule has 0 aromatic heterocycles. The minimum atomic E-state index is -0.0783. The normalized spacial score (nSPS) is 19.9. The molecule has 0 bridgehead atoms. The molecular weight excluding hydrogens is 364 g/mol. The molecule has 2 aliphatic rings. The third-order valence-corrected chi connectivity index (χ3v) is 5.53. The van der Waals surface area contributed by atoms with Gasteiger partial charge in [-0.25, -0.2) is 5.01 Å². The van der Waals surface area contributed by atoms with Crippen LogP contribution in [0.3, 0.4) is 0 Å². The molecule has 0 aliphatic carbocycles. The van der Waals surface area contributed by atoms with Crippen molar-refractivity contribution in [1.29, 1.82) is 0 Å². The van der Waals surface area contributed by atoms with Crippen LogP contribution >= 0.6 is 0 Å². The lowest BCUT2D eigenvalue weighted by molar-refractivity contribution is -0.125. The fraction of sp³-hybridized carbons (Fsp3) is 0.348. The molecule has 0 spiro atoms. The number of hydrogen-bond donors (Lipinski definition) is 0. The van der Waals surface area contributed by atoms with Crippen LogP contribution in [-0.4, -0.2) is 48.1 Å². The van der Waals surface area contributed by atoms with Gasteiger partial charge in [-0.1, -0.05) is 30.3 Å². The van der Waals surface area contributed by atoms with E-state index < -0.39 is 0 Å². The average molecular weight is 390 g/mol. The molecule has 2 amide bonds. The summed E-state index contributed by atoms with van der Waals surface area (Å²) in [7, 11) is 0. The van der Waals surface area contributed by atoms with Gasteiger partial charge < -0.3 is 9.80 Å². The van der Waals surface area contributed by atoms with Crippen molar-refractivity contribution in [3.8, 4) is 0 Å². The summed E-state index contributed by atoms with van der Waals surface area (Å²) in [6, 6.07) is 18.0. The van der Waals surface area contributed by atoms with Crippen LogP contribution in [0.5, 0.6) is 0 Å². The van der Waals surface area contributed by atoms with Crippen molar-refractivity contribution < 1.29 is 9.59 Å². The summed E-state index contributed by atoms with van der Waals surface area (Å²) in [5.74, 6) is -0.139. The zero-order chi connectivity index (χ0) is 20.4. The number of carbonyl (C=O) groups excluding carboxylic acids is 2. The summed E-state index contributed by atoms with van der Waals surface area (Å²) in [4.78, 5) is 29.6. The van der Waals surface area contributed by atoms with Crippen LogP contribution in [0, 0.1) is 6.92 Å². The largest absolute Gasteiger partial charge is 0.365 e. The number of anilines is 2. The number of hydrazone groups is 1. The molecule has 2 heterocycles. The minimum absolute atomic E-state index is 0.0610. The van der Waals surface area contributed by atoms with Gasteiger partial charge in [-0.2, -0.15) is 5.10 Å². The lowest BCUT2D eigenvalue weighted by atomic mass is 10.1. The maximum atomic E-state index is 13.1. The number of carbonyl (C=O) groups is 2. The molecule has 150 valence electrons. The third-order valence-electron chi connectivity index (χ3n) is 5.53. The Bertz CT molecular complexity index is 941. The Morgan fingerprint density at radius 2 is 1.76 bits per heavy atom. The second kappa shape index (κ2) is 8.07. The molecule has 2 aliphatic heterocycles. The summed E-state index contributed by atoms with van der Waals surface area (Å²) in [6.45, 7) is 6.31. The van der Waals surface area contributed by atoms with Gasteiger partial charge in [-0.05, 0) is 43.7 Å². The molecule has 29 heavy (non-hydrogen) atoms. The number of rotatable bonds is 3. The highest BCUT2D eigenvalue weighted by atomic mass is 16.2. The lowest BCUT2D eigenvalue weighted by Crippen LogP contribution is -2.55. The van der Waals surface area contributed by atoms with E-state index in [-0.39, 0.29) is 17.9 Å². The molecule has 0 radical (unpaired) electrons. The minimum Gasteiger partial charge on any atom is -0.365 e. The zero-order valence-electron chi connectivity index (χ0n) is 16.9. The van der Waals surface area contributed by atoms with Crippen molar-refractivity contribution in [2.45, 2.75) is 32.7 Å². The quantitative estimate of drug-likeness (QED) is 0.809. The van der Waals surface area contributed by atoms with Crippen molar-refractivity contribution in [2.24, 2.45) is 5.10 Å². The standard InChI is InChI=1S/C23H26N4O2/c1-17-7-6-10-20(15-17)26-14-13-25(16-18(26)2)23(29)21-11-12-22(28)27(24-21)19-8-4-3-5-9-19/h3-10,15,18H,11-14,16H2,1-2H3. The lowest BCUT2D eigenvalue weighted by Gasteiger charge is -2.41. The van der Waals surface area contributed by atoms with E-state index in [1.165, 1.54) is 16.3 Å². The van der Waals surface area contributed by atoms with Gasteiger partial charge in [0, 0.05) is 44.2 Å². The van der Waals surface area contributed by atoms with Crippen LogP contribution in [0.25, 0.3) is 0 Å². The van der Waals surface area contributed by atoms with Gasteiger partial charge in [0.15, 0.2) is 0 Å². The van der Waals surface area contributed by atoms with Crippen molar-refractivity contribution in [3.05, 3.63) is 60.2 Å². The number of nitrogens with zero attached hydrogens (tertiary/aromatic N) is 4. The fourth-order valence-electron chi connectivity index (χ4n) is 3.99. The topological polar surface area (TPSA) is 56.2 Å². The Labute approximate surface area is 171 Å². The highest BCUT2D eigenvalue weighted by molar-refractivity contribution is 6.40. The predicted octanol–water partition coefficient (Wildman–Crippen LogP) is 3.22. The smallest absolute Gasteiger partial charge is 0.270 e. The monoisotopic (exact) mass is 390 g/mol. The van der Waals surface area contributed by atoms with Gasteiger partial charge in [0.2, 0.25) is 5.91 Å². The van der Waals surface area contributed by atoms with E-state index in [9.17, 15) is 9.59 Å². The fourth-order valence-corrected chi connectivity index (χ4v) is 3.99. The van der Waals surface area contributed by atoms with Crippen LogP contribution in [0.15, 0.2) is 59.7 Å². The summed E-state index contributed by atoms with van der Waals surface area (Å²) in [5.41, 5.74) is 3.58. The van der Waals surface area contributed by atoms with Crippen LogP contribution in [-0.2, 0) is 9.59 Å². The van der Waals surface area contributed by atoms with Crippen LogP contribution in [0.1, 0.15) is 25.3 Å². The molecule has 4 rings (SSSR count). The Hall–Kier alpha value is -3.15. The van der Waals surface area contributed by atoms with Crippen LogP contribution < -0.4 is 9.91 Å². The predicted molar refractivity (Wildman–Crippen MR) is 115 cm³/mol. The summed E-state index contributed by atoms with van der Waals surface area (Å²) < 4.78 is 0. The van der Waals surface area contributed by atoms with Crippen molar-refractivity contribution in [2.75, 3.05) is 29.5 Å². The van der Waals surface area contributed by atoms with Gasteiger partial charge >= 0.3 is 0 Å². The Balaban J connectivity index is 1.48. The van der Waals surface area contributed by atoms with Gasteiger partial charge in [0.05, 0.1) is 5.69 Å². The Morgan fingerprint density at radius 3 is 2.48 bits per heavy atom. The molecule has 1 atom stereocenters. The second-order valence-electron chi connectivity index (χ2n) is 7.72. The molecule has 2 aromatic rings. The summed E-state index contributed by atoms with van der Waals surface area (Å²) >= 11 is 0. The maximum Gasteiger partial charge on any atom is 0.270 e. The number of amides is 2. The van der Waals surface area contributed by atoms with E-state index in [1.807, 2.05) is 35.2 Å². The highest BCUT2D eigenvalue weighted by Crippen LogP contribution is 2.24. The Morgan fingerprint density at radius 1 is 1.00 bits per heavy atom. The molecular formula is C23H26N4O2. The summed E-state index contributed by atoms with van der Waals surface area (Å²) in [6.07, 6.45) is 0.700. The number of piperazine rings is 1. The van der Waals surface area contributed by atoms with E-state index in [1.54, 1.807) is 0 Å². The number of hydrogen-bond acceptors (Lipinski definition) is 4. The van der Waals surface area contributed by atoms with Gasteiger partial charge in [0.25, 0.3) is 5.91 Å². The molecule has 6 nitrogen and oxygen atoms in total. The number of aryl methyl sites for hydroxylation is 1.